The fourth-order valence-corrected chi connectivity index (χ4v) is 1.06. The van der Waals surface area contributed by atoms with Crippen molar-refractivity contribution < 1.29 is 9.72 Å². The summed E-state index contributed by atoms with van der Waals surface area (Å²) in [6, 6.07) is 6.40. The van der Waals surface area contributed by atoms with Crippen LogP contribution in [0.3, 0.4) is 0 Å². The topological polar surface area (TPSA) is 60.2 Å². The van der Waals surface area contributed by atoms with Gasteiger partial charge in [0, 0.05) is 6.07 Å². The second kappa shape index (κ2) is 5.49. The van der Waals surface area contributed by atoms with Crippen molar-refractivity contribution in [2.45, 2.75) is 0 Å². The number of carbonyl (C=O) groups excluding carboxylic acids is 1. The molecular formula is C11H9NO3. The maximum atomic E-state index is 10.6. The lowest BCUT2D eigenvalue weighted by Gasteiger charge is -1.94. The standard InChI is InChI=1S/C11H9NO3/c13-9-5-1-2-6-10-7-3-4-8-11(10)12(14)15/h1-9H/b5-1+,6-2+. The summed E-state index contributed by atoms with van der Waals surface area (Å²) in [5.74, 6) is 0. The first-order valence-corrected chi connectivity index (χ1v) is 4.27. The summed E-state index contributed by atoms with van der Waals surface area (Å²) < 4.78 is 0. The summed E-state index contributed by atoms with van der Waals surface area (Å²) in [4.78, 5) is 20.1. The van der Waals surface area contributed by atoms with E-state index in [1.807, 2.05) is 0 Å². The van der Waals surface area contributed by atoms with Gasteiger partial charge in [-0.3, -0.25) is 14.9 Å². The number of rotatable bonds is 4. The van der Waals surface area contributed by atoms with Gasteiger partial charge in [-0.15, -0.1) is 0 Å². The number of benzene rings is 1. The first-order chi connectivity index (χ1) is 7.25. The molecule has 0 aliphatic rings. The number of nitro benzene ring substituents is 1. The van der Waals surface area contributed by atoms with E-state index in [1.165, 1.54) is 18.2 Å². The zero-order valence-electron chi connectivity index (χ0n) is 7.87. The molecule has 0 fully saturated rings. The maximum Gasteiger partial charge on any atom is 0.276 e. The molecule has 0 saturated carbocycles. The molecule has 1 rings (SSSR count). The van der Waals surface area contributed by atoms with Gasteiger partial charge < -0.3 is 0 Å². The first kappa shape index (κ1) is 10.8. The Hall–Kier alpha value is -2.23. The molecule has 0 aliphatic heterocycles. The molecule has 0 bridgehead atoms. The number of nitrogens with zero attached hydrogens (tertiary/aromatic N) is 1. The number of hydrogen-bond acceptors (Lipinski definition) is 3. The summed E-state index contributed by atoms with van der Waals surface area (Å²) in [6.45, 7) is 0. The largest absolute Gasteiger partial charge is 0.299 e. The fourth-order valence-electron chi connectivity index (χ4n) is 1.06. The molecule has 4 nitrogen and oxygen atoms in total. The molecule has 0 aromatic heterocycles. The monoisotopic (exact) mass is 203 g/mol. The van der Waals surface area contributed by atoms with Gasteiger partial charge in [-0.05, 0) is 18.2 Å². The highest BCUT2D eigenvalue weighted by molar-refractivity contribution is 5.67. The fraction of sp³-hybridized carbons (Fsp3) is 0. The van der Waals surface area contributed by atoms with Crippen LogP contribution in [0.2, 0.25) is 0 Å². The molecular weight excluding hydrogens is 194 g/mol. The number of aldehydes is 1. The minimum Gasteiger partial charge on any atom is -0.299 e. The Morgan fingerprint density at radius 2 is 1.87 bits per heavy atom. The summed E-state index contributed by atoms with van der Waals surface area (Å²) in [6.07, 6.45) is 6.63. The van der Waals surface area contributed by atoms with Crippen molar-refractivity contribution in [2.24, 2.45) is 0 Å². The molecule has 1 aromatic rings. The molecule has 76 valence electrons. The van der Waals surface area contributed by atoms with E-state index in [9.17, 15) is 14.9 Å². The summed E-state index contributed by atoms with van der Waals surface area (Å²) in [5, 5.41) is 10.6. The molecule has 0 atom stereocenters. The van der Waals surface area contributed by atoms with Gasteiger partial charge in [-0.2, -0.15) is 0 Å². The molecule has 0 radical (unpaired) electrons. The number of allylic oxidation sites excluding steroid dienone is 3. The van der Waals surface area contributed by atoms with E-state index >= 15 is 0 Å². The highest BCUT2D eigenvalue weighted by Gasteiger charge is 2.08. The zero-order chi connectivity index (χ0) is 11.1. The van der Waals surface area contributed by atoms with Crippen LogP contribution in [-0.2, 0) is 4.79 Å². The average Bonchev–Trinajstić information content (AvgIpc) is 2.25. The Morgan fingerprint density at radius 1 is 1.13 bits per heavy atom. The van der Waals surface area contributed by atoms with E-state index in [-0.39, 0.29) is 5.69 Å². The van der Waals surface area contributed by atoms with E-state index in [0.717, 1.165) is 0 Å². The Kier molecular flexibility index (Phi) is 3.97. The van der Waals surface area contributed by atoms with Crippen LogP contribution in [0.5, 0.6) is 0 Å². The van der Waals surface area contributed by atoms with E-state index in [2.05, 4.69) is 0 Å². The summed E-state index contributed by atoms with van der Waals surface area (Å²) in [5.41, 5.74) is 0.561. The predicted molar refractivity (Wildman–Crippen MR) is 57.3 cm³/mol. The minimum atomic E-state index is -0.441. The van der Waals surface area contributed by atoms with Gasteiger partial charge >= 0.3 is 0 Å². The number of para-hydroxylation sites is 1. The summed E-state index contributed by atoms with van der Waals surface area (Å²) in [7, 11) is 0. The van der Waals surface area contributed by atoms with Crippen LogP contribution in [0, 0.1) is 10.1 Å². The van der Waals surface area contributed by atoms with Crippen LogP contribution < -0.4 is 0 Å². The molecule has 0 heterocycles. The highest BCUT2D eigenvalue weighted by Crippen LogP contribution is 2.18. The van der Waals surface area contributed by atoms with Gasteiger partial charge in [0.15, 0.2) is 0 Å². The molecule has 0 N–H and O–H groups in total. The maximum absolute atomic E-state index is 10.6. The Morgan fingerprint density at radius 3 is 2.53 bits per heavy atom. The molecule has 0 unspecified atom stereocenters. The van der Waals surface area contributed by atoms with Crippen molar-refractivity contribution in [3.05, 3.63) is 58.2 Å². The van der Waals surface area contributed by atoms with Crippen molar-refractivity contribution in [1.82, 2.24) is 0 Å². The van der Waals surface area contributed by atoms with Crippen molar-refractivity contribution in [1.29, 1.82) is 0 Å². The van der Waals surface area contributed by atoms with Crippen LogP contribution in [0.25, 0.3) is 6.08 Å². The normalized spacial score (nSPS) is 10.9. The van der Waals surface area contributed by atoms with Crippen molar-refractivity contribution in [3.8, 4) is 0 Å². The van der Waals surface area contributed by atoms with Gasteiger partial charge in [0.05, 0.1) is 10.5 Å². The lowest BCUT2D eigenvalue weighted by atomic mass is 10.1. The molecule has 0 spiro atoms. The summed E-state index contributed by atoms with van der Waals surface area (Å²) >= 11 is 0. The van der Waals surface area contributed by atoms with Crippen LogP contribution in [-0.4, -0.2) is 11.2 Å². The van der Waals surface area contributed by atoms with E-state index < -0.39 is 4.92 Å². The van der Waals surface area contributed by atoms with Gasteiger partial charge in [-0.25, -0.2) is 0 Å². The van der Waals surface area contributed by atoms with Crippen molar-refractivity contribution >= 4 is 18.0 Å². The molecule has 0 amide bonds. The Bertz CT molecular complexity index is 422. The Labute approximate surface area is 86.7 Å². The van der Waals surface area contributed by atoms with Gasteiger partial charge in [0.2, 0.25) is 0 Å². The number of carbonyl (C=O) groups is 1. The molecule has 1 aromatic carbocycles. The second-order valence-corrected chi connectivity index (χ2v) is 2.70. The predicted octanol–water partition coefficient (Wildman–Crippen LogP) is 2.36. The van der Waals surface area contributed by atoms with Crippen LogP contribution in [0.4, 0.5) is 5.69 Å². The second-order valence-electron chi connectivity index (χ2n) is 2.70. The van der Waals surface area contributed by atoms with Gasteiger partial charge in [0.25, 0.3) is 5.69 Å². The highest BCUT2D eigenvalue weighted by atomic mass is 16.6. The van der Waals surface area contributed by atoms with Gasteiger partial charge in [-0.1, -0.05) is 24.3 Å². The lowest BCUT2D eigenvalue weighted by molar-refractivity contribution is -0.385. The smallest absolute Gasteiger partial charge is 0.276 e. The third-order valence-corrected chi connectivity index (χ3v) is 1.71. The lowest BCUT2D eigenvalue weighted by Crippen LogP contribution is -1.90. The van der Waals surface area contributed by atoms with E-state index in [4.69, 9.17) is 0 Å². The SMILES string of the molecule is O=C/C=C/C=C/c1ccccc1[N+](=O)[O-]. The van der Waals surface area contributed by atoms with E-state index in [0.29, 0.717) is 11.8 Å². The molecule has 0 aliphatic carbocycles. The van der Waals surface area contributed by atoms with E-state index in [1.54, 1.807) is 30.4 Å². The zero-order valence-corrected chi connectivity index (χ0v) is 7.87. The third kappa shape index (κ3) is 3.19. The minimum absolute atomic E-state index is 0.0493. The number of hydrogen-bond donors (Lipinski definition) is 0. The molecule has 15 heavy (non-hydrogen) atoms. The van der Waals surface area contributed by atoms with Crippen LogP contribution >= 0.6 is 0 Å². The quantitative estimate of drug-likeness (QED) is 0.248. The number of nitro groups is 1. The van der Waals surface area contributed by atoms with Crippen molar-refractivity contribution in [2.75, 3.05) is 0 Å². The Balaban J connectivity index is 2.93. The van der Waals surface area contributed by atoms with Crippen molar-refractivity contribution in [3.63, 3.8) is 0 Å². The molecule has 0 saturated heterocycles. The molecule has 4 heteroatoms. The third-order valence-electron chi connectivity index (χ3n) is 1.71. The van der Waals surface area contributed by atoms with Crippen LogP contribution in [0.15, 0.2) is 42.5 Å². The van der Waals surface area contributed by atoms with Crippen LogP contribution in [0.1, 0.15) is 5.56 Å². The average molecular weight is 203 g/mol. The van der Waals surface area contributed by atoms with Gasteiger partial charge in [0.1, 0.15) is 6.29 Å². The first-order valence-electron chi connectivity index (χ1n) is 4.27.